The fourth-order valence-electron chi connectivity index (χ4n) is 1.94. The van der Waals surface area contributed by atoms with Crippen molar-refractivity contribution in [3.8, 4) is 0 Å². The monoisotopic (exact) mass is 345 g/mol. The van der Waals surface area contributed by atoms with Crippen LogP contribution in [-0.2, 0) is 6.18 Å². The van der Waals surface area contributed by atoms with Crippen LogP contribution in [0.4, 0.5) is 22.0 Å². The van der Waals surface area contributed by atoms with Crippen molar-refractivity contribution in [3.63, 3.8) is 0 Å². The number of aliphatic hydroxyl groups is 1. The minimum atomic E-state index is -4.48. The standard InChI is InChI=1S/C16H12F5NO2/c17-12-6-3-10(7-13(12)18)15(24)22-8-14(23)9-1-4-11(5-2-9)16(19,20)21/h1-7,14,23H,8H2,(H,22,24). The van der Waals surface area contributed by atoms with Crippen LogP contribution in [-0.4, -0.2) is 17.6 Å². The van der Waals surface area contributed by atoms with Crippen LogP contribution in [0.2, 0.25) is 0 Å². The van der Waals surface area contributed by atoms with Crippen LogP contribution in [0.15, 0.2) is 42.5 Å². The number of carbonyl (C=O) groups is 1. The van der Waals surface area contributed by atoms with E-state index in [9.17, 15) is 31.9 Å². The maximum absolute atomic E-state index is 13.0. The summed E-state index contributed by atoms with van der Waals surface area (Å²) in [5.74, 6) is -3.04. The topological polar surface area (TPSA) is 49.3 Å². The molecule has 0 saturated heterocycles. The van der Waals surface area contributed by atoms with Crippen LogP contribution in [0.5, 0.6) is 0 Å². The smallest absolute Gasteiger partial charge is 0.387 e. The average molecular weight is 345 g/mol. The molecule has 2 aromatic rings. The largest absolute Gasteiger partial charge is 0.416 e. The summed E-state index contributed by atoms with van der Waals surface area (Å²) in [6.45, 7) is -0.302. The first-order valence-corrected chi connectivity index (χ1v) is 6.77. The molecule has 24 heavy (non-hydrogen) atoms. The summed E-state index contributed by atoms with van der Waals surface area (Å²) < 4.78 is 63.2. The van der Waals surface area contributed by atoms with E-state index >= 15 is 0 Å². The average Bonchev–Trinajstić information content (AvgIpc) is 2.54. The van der Waals surface area contributed by atoms with E-state index in [0.29, 0.717) is 6.07 Å². The van der Waals surface area contributed by atoms with Gasteiger partial charge in [-0.2, -0.15) is 13.2 Å². The van der Waals surface area contributed by atoms with Gasteiger partial charge < -0.3 is 10.4 Å². The summed E-state index contributed by atoms with van der Waals surface area (Å²) in [7, 11) is 0. The lowest BCUT2D eigenvalue weighted by molar-refractivity contribution is -0.137. The van der Waals surface area contributed by atoms with Crippen LogP contribution in [0.25, 0.3) is 0 Å². The normalized spacial score (nSPS) is 12.8. The minimum absolute atomic E-state index is 0.145. The van der Waals surface area contributed by atoms with Gasteiger partial charge in [0.25, 0.3) is 5.91 Å². The van der Waals surface area contributed by atoms with Gasteiger partial charge in [0.2, 0.25) is 0 Å². The molecule has 0 radical (unpaired) electrons. The molecule has 0 spiro atoms. The Balaban J connectivity index is 1.98. The first kappa shape index (κ1) is 17.9. The fourth-order valence-corrected chi connectivity index (χ4v) is 1.94. The van der Waals surface area contributed by atoms with E-state index in [-0.39, 0.29) is 17.7 Å². The molecule has 0 heterocycles. The first-order valence-electron chi connectivity index (χ1n) is 6.77. The summed E-state index contributed by atoms with van der Waals surface area (Å²) in [5, 5.41) is 12.2. The van der Waals surface area contributed by atoms with Crippen molar-refractivity contribution < 1.29 is 31.9 Å². The third kappa shape index (κ3) is 4.29. The quantitative estimate of drug-likeness (QED) is 0.834. The SMILES string of the molecule is O=C(NCC(O)c1ccc(C(F)(F)F)cc1)c1ccc(F)c(F)c1. The minimum Gasteiger partial charge on any atom is -0.387 e. The number of halogens is 5. The van der Waals surface area contributed by atoms with Gasteiger partial charge in [0.1, 0.15) is 0 Å². The zero-order valence-corrected chi connectivity index (χ0v) is 12.1. The van der Waals surface area contributed by atoms with Gasteiger partial charge in [-0.3, -0.25) is 4.79 Å². The molecule has 1 unspecified atom stereocenters. The molecule has 0 aromatic heterocycles. The van der Waals surface area contributed by atoms with Gasteiger partial charge in [0.15, 0.2) is 11.6 Å². The third-order valence-corrected chi connectivity index (χ3v) is 3.26. The Labute approximate surface area is 133 Å². The maximum Gasteiger partial charge on any atom is 0.416 e. The molecule has 1 amide bonds. The van der Waals surface area contributed by atoms with Crippen LogP contribution < -0.4 is 5.32 Å². The molecule has 128 valence electrons. The number of alkyl halides is 3. The van der Waals surface area contributed by atoms with Gasteiger partial charge in [-0.05, 0) is 35.9 Å². The van der Waals surface area contributed by atoms with E-state index in [1.54, 1.807) is 0 Å². The van der Waals surface area contributed by atoms with Crippen LogP contribution >= 0.6 is 0 Å². The van der Waals surface area contributed by atoms with E-state index in [2.05, 4.69) is 5.32 Å². The van der Waals surface area contributed by atoms with Crippen molar-refractivity contribution in [2.75, 3.05) is 6.54 Å². The highest BCUT2D eigenvalue weighted by atomic mass is 19.4. The third-order valence-electron chi connectivity index (χ3n) is 3.26. The summed E-state index contributed by atoms with van der Waals surface area (Å²) >= 11 is 0. The zero-order valence-electron chi connectivity index (χ0n) is 12.1. The summed E-state index contributed by atoms with van der Waals surface area (Å²) in [5.41, 5.74) is -0.827. The molecule has 8 heteroatoms. The van der Waals surface area contributed by atoms with Gasteiger partial charge >= 0.3 is 6.18 Å². The number of amides is 1. The van der Waals surface area contributed by atoms with Crippen LogP contribution in [0.1, 0.15) is 27.6 Å². The lowest BCUT2D eigenvalue weighted by atomic mass is 10.1. The van der Waals surface area contributed by atoms with Crippen molar-refractivity contribution in [3.05, 3.63) is 70.8 Å². The maximum atomic E-state index is 13.0. The Hall–Kier alpha value is -2.48. The molecule has 2 aromatic carbocycles. The number of benzene rings is 2. The molecule has 2 N–H and O–H groups in total. The fraction of sp³-hybridized carbons (Fsp3) is 0.188. The van der Waals surface area contributed by atoms with Crippen molar-refractivity contribution in [2.45, 2.75) is 12.3 Å². The Morgan fingerprint density at radius 3 is 2.21 bits per heavy atom. The second-order valence-corrected chi connectivity index (χ2v) is 4.97. The number of rotatable bonds is 4. The molecule has 2 rings (SSSR count). The molecule has 0 aliphatic carbocycles. The molecular weight excluding hydrogens is 333 g/mol. The van der Waals surface area contributed by atoms with Crippen LogP contribution in [0, 0.1) is 11.6 Å². The van der Waals surface area contributed by atoms with Gasteiger partial charge in [0.05, 0.1) is 11.7 Å². The lowest BCUT2D eigenvalue weighted by Crippen LogP contribution is -2.28. The van der Waals surface area contributed by atoms with E-state index in [1.807, 2.05) is 0 Å². The molecule has 3 nitrogen and oxygen atoms in total. The summed E-state index contributed by atoms with van der Waals surface area (Å²) in [6, 6.07) is 6.38. The van der Waals surface area contributed by atoms with Crippen molar-refractivity contribution in [1.82, 2.24) is 5.32 Å². The molecule has 0 aliphatic heterocycles. The first-order chi connectivity index (χ1) is 11.2. The summed E-state index contributed by atoms with van der Waals surface area (Å²) in [6.07, 6.45) is -5.73. The van der Waals surface area contributed by atoms with Crippen molar-refractivity contribution >= 4 is 5.91 Å². The van der Waals surface area contributed by atoms with E-state index in [0.717, 1.165) is 36.4 Å². The van der Waals surface area contributed by atoms with E-state index in [1.165, 1.54) is 0 Å². The highest BCUT2D eigenvalue weighted by Crippen LogP contribution is 2.29. The second-order valence-electron chi connectivity index (χ2n) is 4.97. The predicted octanol–water partition coefficient (Wildman–Crippen LogP) is 3.45. The van der Waals surface area contributed by atoms with Crippen LogP contribution in [0.3, 0.4) is 0 Å². The Kier molecular flexibility index (Phi) is 5.18. The highest BCUT2D eigenvalue weighted by molar-refractivity contribution is 5.94. The Bertz CT molecular complexity index is 728. The van der Waals surface area contributed by atoms with Gasteiger partial charge in [-0.15, -0.1) is 0 Å². The van der Waals surface area contributed by atoms with Crippen molar-refractivity contribution in [2.24, 2.45) is 0 Å². The molecular formula is C16H12F5NO2. The summed E-state index contributed by atoms with van der Waals surface area (Å²) in [4.78, 5) is 11.8. The molecule has 1 atom stereocenters. The predicted molar refractivity (Wildman–Crippen MR) is 75.1 cm³/mol. The Morgan fingerprint density at radius 1 is 1.04 bits per heavy atom. The molecule has 0 bridgehead atoms. The van der Waals surface area contributed by atoms with Gasteiger partial charge in [-0.1, -0.05) is 12.1 Å². The number of carbonyl (C=O) groups excluding carboxylic acids is 1. The highest BCUT2D eigenvalue weighted by Gasteiger charge is 2.30. The lowest BCUT2D eigenvalue weighted by Gasteiger charge is -2.14. The van der Waals surface area contributed by atoms with Crippen molar-refractivity contribution in [1.29, 1.82) is 0 Å². The molecule has 0 fully saturated rings. The molecule has 0 aliphatic rings. The molecule has 0 saturated carbocycles. The van der Waals surface area contributed by atoms with E-state index in [4.69, 9.17) is 0 Å². The number of hydrogen-bond acceptors (Lipinski definition) is 2. The van der Waals surface area contributed by atoms with Gasteiger partial charge in [0, 0.05) is 12.1 Å². The second kappa shape index (κ2) is 6.96. The van der Waals surface area contributed by atoms with Gasteiger partial charge in [-0.25, -0.2) is 8.78 Å². The Morgan fingerprint density at radius 2 is 1.67 bits per heavy atom. The number of hydrogen-bond donors (Lipinski definition) is 2. The number of aliphatic hydroxyl groups excluding tert-OH is 1. The number of nitrogens with one attached hydrogen (secondary N) is 1. The zero-order chi connectivity index (χ0) is 17.9. The van der Waals surface area contributed by atoms with E-state index < -0.39 is 35.4 Å².